The summed E-state index contributed by atoms with van der Waals surface area (Å²) < 4.78 is 0. The summed E-state index contributed by atoms with van der Waals surface area (Å²) >= 11 is 0. The minimum atomic E-state index is 0.834. The highest BCUT2D eigenvalue weighted by molar-refractivity contribution is 5.70. The van der Waals surface area contributed by atoms with E-state index in [0.29, 0.717) is 0 Å². The van der Waals surface area contributed by atoms with E-state index in [9.17, 15) is 0 Å². The third-order valence-electron chi connectivity index (χ3n) is 5.93. The molecule has 0 unspecified atom stereocenters. The second-order valence-electron chi connectivity index (χ2n) is 8.80. The highest BCUT2D eigenvalue weighted by Gasteiger charge is 2.20. The van der Waals surface area contributed by atoms with Crippen LogP contribution in [0.3, 0.4) is 0 Å². The molecule has 0 radical (unpaired) electrons. The molecule has 1 aliphatic heterocycles. The van der Waals surface area contributed by atoms with Crippen molar-refractivity contribution in [2.75, 3.05) is 58.3 Å². The summed E-state index contributed by atoms with van der Waals surface area (Å²) in [5, 5.41) is 0. The van der Waals surface area contributed by atoms with Crippen molar-refractivity contribution in [3.63, 3.8) is 0 Å². The van der Waals surface area contributed by atoms with Crippen LogP contribution in [0, 0.1) is 13.8 Å². The fourth-order valence-corrected chi connectivity index (χ4v) is 3.83. The van der Waals surface area contributed by atoms with Gasteiger partial charge in [0.05, 0.1) is 11.4 Å². The Kier molecular flexibility index (Phi) is 6.64. The quantitative estimate of drug-likeness (QED) is 0.605. The Labute approximate surface area is 186 Å². The van der Waals surface area contributed by atoms with Gasteiger partial charge in [-0.25, -0.2) is 9.97 Å². The number of likely N-dealkylation sites (N-methyl/N-ethyl adjacent to an activating group) is 1. The van der Waals surface area contributed by atoms with Gasteiger partial charge in [-0.2, -0.15) is 0 Å². The number of hydrogen-bond donors (Lipinski definition) is 0. The average Bonchev–Trinajstić information content (AvgIpc) is 2.79. The fraction of sp³-hybridized carbons (Fsp3) is 0.385. The molecule has 1 aliphatic rings. The molecule has 4 rings (SSSR count). The van der Waals surface area contributed by atoms with Crippen molar-refractivity contribution < 1.29 is 0 Å². The molecule has 1 aromatic heterocycles. The maximum atomic E-state index is 4.99. The lowest BCUT2D eigenvalue weighted by molar-refractivity contribution is 0.229. The van der Waals surface area contributed by atoms with Crippen molar-refractivity contribution in [3.05, 3.63) is 65.7 Å². The van der Waals surface area contributed by atoms with E-state index >= 15 is 0 Å². The Hall–Kier alpha value is -2.76. The first-order valence-electron chi connectivity index (χ1n) is 11.1. The number of nitrogens with zero attached hydrogens (tertiary/aromatic N) is 5. The highest BCUT2D eigenvalue weighted by atomic mass is 15.3. The number of aryl methyl sites for hydroxylation is 2. The van der Waals surface area contributed by atoms with Crippen LogP contribution in [-0.4, -0.2) is 73.1 Å². The molecule has 0 aliphatic carbocycles. The molecule has 0 N–H and O–H groups in total. The summed E-state index contributed by atoms with van der Waals surface area (Å²) in [6.45, 7) is 10.4. The van der Waals surface area contributed by atoms with Gasteiger partial charge in [-0.05, 0) is 34.0 Å². The van der Waals surface area contributed by atoms with Crippen LogP contribution >= 0.6 is 0 Å². The van der Waals surface area contributed by atoms with E-state index in [0.717, 1.165) is 67.7 Å². The van der Waals surface area contributed by atoms with Crippen molar-refractivity contribution >= 4 is 5.95 Å². The maximum Gasteiger partial charge on any atom is 0.226 e. The fourth-order valence-electron chi connectivity index (χ4n) is 3.83. The molecule has 5 nitrogen and oxygen atoms in total. The van der Waals surface area contributed by atoms with Crippen molar-refractivity contribution in [1.29, 1.82) is 0 Å². The molecule has 5 heteroatoms. The van der Waals surface area contributed by atoms with Crippen LogP contribution in [-0.2, 0) is 0 Å². The zero-order chi connectivity index (χ0) is 21.8. The van der Waals surface area contributed by atoms with Crippen LogP contribution in [0.4, 0.5) is 5.95 Å². The Bertz CT molecular complexity index is 924. The minimum Gasteiger partial charge on any atom is -0.338 e. The van der Waals surface area contributed by atoms with Gasteiger partial charge < -0.3 is 9.80 Å². The molecule has 0 atom stereocenters. The van der Waals surface area contributed by atoms with E-state index in [-0.39, 0.29) is 0 Å². The van der Waals surface area contributed by atoms with Gasteiger partial charge in [-0.1, -0.05) is 59.7 Å². The summed E-state index contributed by atoms with van der Waals surface area (Å²) in [5.41, 5.74) is 6.74. The molecule has 162 valence electrons. The van der Waals surface area contributed by atoms with Gasteiger partial charge in [0.1, 0.15) is 0 Å². The summed E-state index contributed by atoms with van der Waals surface area (Å²) in [6.07, 6.45) is 0. The lowest BCUT2D eigenvalue weighted by Crippen LogP contribution is -2.48. The minimum absolute atomic E-state index is 0.834. The topological polar surface area (TPSA) is 35.5 Å². The SMILES string of the molecule is Cc1ccc(-c2cc(-c3ccc(C)cc3)nc(N3CCN(CCN(C)C)CC3)n2)cc1. The number of anilines is 1. The third-order valence-corrected chi connectivity index (χ3v) is 5.93. The first kappa shape index (κ1) is 21.5. The maximum absolute atomic E-state index is 4.99. The predicted molar refractivity (Wildman–Crippen MR) is 130 cm³/mol. The first-order valence-corrected chi connectivity index (χ1v) is 11.1. The predicted octanol–water partition coefficient (Wildman–Crippen LogP) is 4.11. The van der Waals surface area contributed by atoms with Crippen LogP contribution in [0.2, 0.25) is 0 Å². The molecular formula is C26H33N5. The molecule has 2 heterocycles. The van der Waals surface area contributed by atoms with Gasteiger partial charge in [-0.3, -0.25) is 4.90 Å². The number of hydrogen-bond acceptors (Lipinski definition) is 5. The molecule has 0 saturated carbocycles. The van der Waals surface area contributed by atoms with Gasteiger partial charge in [0, 0.05) is 50.4 Å². The zero-order valence-corrected chi connectivity index (χ0v) is 19.2. The van der Waals surface area contributed by atoms with E-state index in [2.05, 4.69) is 97.2 Å². The Balaban J connectivity index is 1.62. The van der Waals surface area contributed by atoms with Crippen LogP contribution in [0.1, 0.15) is 11.1 Å². The largest absolute Gasteiger partial charge is 0.338 e. The van der Waals surface area contributed by atoms with Crippen LogP contribution in [0.15, 0.2) is 54.6 Å². The van der Waals surface area contributed by atoms with Crippen molar-refractivity contribution in [2.24, 2.45) is 0 Å². The molecular weight excluding hydrogens is 382 g/mol. The summed E-state index contributed by atoms with van der Waals surface area (Å²) in [5.74, 6) is 0.834. The third kappa shape index (κ3) is 5.49. The normalized spacial score (nSPS) is 14.9. The molecule has 0 spiro atoms. The summed E-state index contributed by atoms with van der Waals surface area (Å²) in [4.78, 5) is 17.1. The molecule has 31 heavy (non-hydrogen) atoms. The average molecular weight is 416 g/mol. The first-order chi connectivity index (χ1) is 15.0. The van der Waals surface area contributed by atoms with E-state index in [4.69, 9.17) is 9.97 Å². The number of piperazine rings is 1. The number of rotatable bonds is 6. The monoisotopic (exact) mass is 415 g/mol. The van der Waals surface area contributed by atoms with Gasteiger partial charge in [0.25, 0.3) is 0 Å². The Morgan fingerprint density at radius 1 is 0.742 bits per heavy atom. The van der Waals surface area contributed by atoms with Gasteiger partial charge in [-0.15, -0.1) is 0 Å². The Morgan fingerprint density at radius 3 is 1.68 bits per heavy atom. The lowest BCUT2D eigenvalue weighted by Gasteiger charge is -2.35. The second kappa shape index (κ2) is 9.58. The van der Waals surface area contributed by atoms with Crippen molar-refractivity contribution in [1.82, 2.24) is 19.8 Å². The number of aromatic nitrogens is 2. The molecule has 3 aromatic rings. The molecule has 1 fully saturated rings. The van der Waals surface area contributed by atoms with Crippen molar-refractivity contribution in [2.45, 2.75) is 13.8 Å². The lowest BCUT2D eigenvalue weighted by atomic mass is 10.1. The van der Waals surface area contributed by atoms with E-state index in [1.165, 1.54) is 11.1 Å². The summed E-state index contributed by atoms with van der Waals surface area (Å²) in [7, 11) is 4.26. The van der Waals surface area contributed by atoms with Crippen LogP contribution < -0.4 is 4.90 Å². The van der Waals surface area contributed by atoms with Gasteiger partial charge >= 0.3 is 0 Å². The van der Waals surface area contributed by atoms with Gasteiger partial charge in [0.2, 0.25) is 5.95 Å². The standard InChI is InChI=1S/C26H33N5/c1-20-5-9-22(10-6-20)24-19-25(23-11-7-21(2)8-12-23)28-26(27-24)31-17-15-30(16-18-31)14-13-29(3)4/h5-12,19H,13-18H2,1-4H3. The van der Waals surface area contributed by atoms with E-state index < -0.39 is 0 Å². The number of benzene rings is 2. The second-order valence-corrected chi connectivity index (χ2v) is 8.80. The smallest absolute Gasteiger partial charge is 0.226 e. The molecule has 0 amide bonds. The van der Waals surface area contributed by atoms with E-state index in [1.54, 1.807) is 0 Å². The van der Waals surface area contributed by atoms with Gasteiger partial charge in [0.15, 0.2) is 0 Å². The summed E-state index contributed by atoms with van der Waals surface area (Å²) in [6, 6.07) is 19.3. The van der Waals surface area contributed by atoms with E-state index in [1.807, 2.05) is 0 Å². The highest BCUT2D eigenvalue weighted by Crippen LogP contribution is 2.27. The Morgan fingerprint density at radius 2 is 1.23 bits per heavy atom. The van der Waals surface area contributed by atoms with Crippen LogP contribution in [0.5, 0.6) is 0 Å². The molecule has 0 bridgehead atoms. The van der Waals surface area contributed by atoms with Crippen molar-refractivity contribution in [3.8, 4) is 22.5 Å². The molecule has 1 saturated heterocycles. The zero-order valence-electron chi connectivity index (χ0n) is 19.2. The van der Waals surface area contributed by atoms with Crippen LogP contribution in [0.25, 0.3) is 22.5 Å². The molecule has 2 aromatic carbocycles.